The quantitative estimate of drug-likeness (QED) is 0.0156. The van der Waals surface area contributed by atoms with Crippen molar-refractivity contribution < 1.29 is 147 Å². The zero-order valence-electron chi connectivity index (χ0n) is 56.9. The van der Waals surface area contributed by atoms with Gasteiger partial charge in [0.2, 0.25) is 23.6 Å². The number of Topliss-reactive ketones (excluding diaryl/α,β-unsaturated/α-hetero) is 2. The van der Waals surface area contributed by atoms with E-state index in [4.69, 9.17) is 27.6 Å². The van der Waals surface area contributed by atoms with Crippen LogP contribution in [0.3, 0.4) is 0 Å². The first-order valence-corrected chi connectivity index (χ1v) is 35.7. The Morgan fingerprint density at radius 1 is 0.386 bits per heavy atom. The molecule has 512 valence electrons. The van der Waals surface area contributed by atoms with E-state index in [0.29, 0.717) is 38.5 Å². The minimum absolute atomic E-state index is 0. The third-order valence-electron chi connectivity index (χ3n) is 14.2. The Hall–Kier alpha value is -0.720. The molecule has 6 atom stereocenters. The summed E-state index contributed by atoms with van der Waals surface area (Å²) in [6.45, 7) is 5.97. The van der Waals surface area contributed by atoms with Gasteiger partial charge in [-0.25, -0.2) is 9.13 Å². The number of ether oxygens (including phenoxy) is 2. The van der Waals surface area contributed by atoms with Gasteiger partial charge in [-0.3, -0.25) is 46.9 Å². The van der Waals surface area contributed by atoms with Crippen LogP contribution in [0.4, 0.5) is 0 Å². The Balaban J connectivity index is -0.00000353. The summed E-state index contributed by atoms with van der Waals surface area (Å²) in [6.07, 6.45) is 30.1. The van der Waals surface area contributed by atoms with Crippen LogP contribution in [0, 0.1) is 0 Å². The second kappa shape index (κ2) is 65.0. The largest absolute Gasteiger partial charge is 1.00 e. The number of ketones is 2. The van der Waals surface area contributed by atoms with Crippen LogP contribution in [0.1, 0.15) is 276 Å². The van der Waals surface area contributed by atoms with Crippen molar-refractivity contribution in [1.29, 1.82) is 0 Å². The number of nitrogens with one attached hydrogen (secondary N) is 4. The average Bonchev–Trinajstić information content (AvgIpc) is 3.67. The van der Waals surface area contributed by atoms with E-state index >= 15 is 0 Å². The molecule has 0 saturated heterocycles. The molecule has 0 radical (unpaired) electrons. The number of carbonyl (C=O) groups excluding carboxylic acids is 6. The van der Waals surface area contributed by atoms with Crippen molar-refractivity contribution in [3.63, 3.8) is 0 Å². The summed E-state index contributed by atoms with van der Waals surface area (Å²) in [4.78, 5) is 96.8. The van der Waals surface area contributed by atoms with Crippen LogP contribution < -0.4 is 80.4 Å². The van der Waals surface area contributed by atoms with Crippen molar-refractivity contribution in [1.82, 2.24) is 21.3 Å². The van der Waals surface area contributed by atoms with Crippen LogP contribution in [0.5, 0.6) is 0 Å². The Morgan fingerprint density at radius 2 is 0.682 bits per heavy atom. The number of unbranched alkanes of at least 4 members (excludes halogenated alkanes) is 24. The molecule has 4 unspecified atom stereocenters. The molecule has 0 aliphatic heterocycles. The second-order valence-corrected chi connectivity index (χ2v) is 25.5. The van der Waals surface area contributed by atoms with E-state index < -0.39 is 96.4 Å². The molecular weight excluding hydrogens is 1200 g/mol. The number of aliphatic hydroxyl groups is 2. The number of aliphatic hydroxyl groups excluding tert-OH is 2. The normalized spacial score (nSPS) is 13.9. The molecule has 4 amide bonds. The molecule has 0 rings (SSSR count). The van der Waals surface area contributed by atoms with Gasteiger partial charge in [-0.05, 0) is 38.5 Å². The molecule has 8 N–H and O–H groups in total. The van der Waals surface area contributed by atoms with Crippen LogP contribution >= 0.6 is 15.6 Å². The minimum Gasteiger partial charge on any atom is -1.00 e. The van der Waals surface area contributed by atoms with Gasteiger partial charge in [0.1, 0.15) is 18.0 Å². The number of amides is 4. The molecule has 88 heavy (non-hydrogen) atoms. The predicted octanol–water partition coefficient (Wildman–Crippen LogP) is 5.73. The van der Waals surface area contributed by atoms with Gasteiger partial charge in [0.25, 0.3) is 0 Å². The maximum atomic E-state index is 12.9. The summed E-state index contributed by atoms with van der Waals surface area (Å²) in [5, 5.41) is 30.8. The Bertz CT molecular complexity index is 1710. The van der Waals surface area contributed by atoms with Crippen LogP contribution in [0.25, 0.3) is 0 Å². The fourth-order valence-corrected chi connectivity index (χ4v) is 10.7. The molecule has 26 heteroatoms. The van der Waals surface area contributed by atoms with Crippen molar-refractivity contribution in [2.24, 2.45) is 0 Å². The molecule has 22 nitrogen and oxygen atoms in total. The van der Waals surface area contributed by atoms with Crippen molar-refractivity contribution in [2.45, 2.75) is 297 Å². The minimum atomic E-state index is -4.75. The summed E-state index contributed by atoms with van der Waals surface area (Å²) in [5.74, 6) is -3.20. The second-order valence-electron chi connectivity index (χ2n) is 22.6. The molecule has 0 heterocycles. The summed E-state index contributed by atoms with van der Waals surface area (Å²) in [7, 11) is -9.50. The maximum Gasteiger partial charge on any atom is 1.00 e. The SMILES string of the molecule is C.CCCCCCCCCCCC(=O)CC(=O)NC(COCC[C@H](O)CCCCCCC)COP(=O)(O)OCCNC(=O)CC(=O)NCCOP(=O)(O)OCC(COCC[C@H](O)CCCCCCC)NC(=O)CC(=O)CCCCCCCCCCC.[H-].[H-].[Na+].[Na+]. The molecule has 0 spiro atoms. The van der Waals surface area contributed by atoms with Gasteiger partial charge in [0, 0.05) is 39.1 Å². The fourth-order valence-electron chi connectivity index (χ4n) is 9.18. The van der Waals surface area contributed by atoms with Gasteiger partial charge in [0.05, 0.1) is 76.8 Å². The molecule has 0 aromatic carbocycles. The number of carbonyl (C=O) groups is 6. The first-order chi connectivity index (χ1) is 40.8. The Labute approximate surface area is 578 Å². The average molecular weight is 1320 g/mol. The number of hydrogen-bond acceptors (Lipinski definition) is 16. The Kier molecular flexibility index (Phi) is 69.2. The van der Waals surface area contributed by atoms with Crippen LogP contribution in [0.15, 0.2) is 0 Å². The summed E-state index contributed by atoms with van der Waals surface area (Å²) >= 11 is 0. The van der Waals surface area contributed by atoms with Crippen molar-refractivity contribution in [3.8, 4) is 0 Å². The van der Waals surface area contributed by atoms with Gasteiger partial charge in [-0.2, -0.15) is 0 Å². The third-order valence-corrected chi connectivity index (χ3v) is 16.2. The van der Waals surface area contributed by atoms with Gasteiger partial charge < -0.3 is 53.6 Å². The van der Waals surface area contributed by atoms with Crippen molar-refractivity contribution in [3.05, 3.63) is 0 Å². The van der Waals surface area contributed by atoms with Gasteiger partial charge in [0.15, 0.2) is 0 Å². The zero-order chi connectivity index (χ0) is 63.1. The third kappa shape index (κ3) is 64.0. The van der Waals surface area contributed by atoms with Gasteiger partial charge >= 0.3 is 74.8 Å². The fraction of sp³-hybridized carbons (Fsp3) is 0.903. The van der Waals surface area contributed by atoms with Crippen molar-refractivity contribution >= 4 is 50.8 Å². The van der Waals surface area contributed by atoms with E-state index in [1.54, 1.807) is 0 Å². The summed E-state index contributed by atoms with van der Waals surface area (Å²) in [5.41, 5.74) is 0. The first-order valence-electron chi connectivity index (χ1n) is 32.8. The number of phosphoric ester groups is 2. The molecule has 0 aromatic rings. The molecule has 0 saturated carbocycles. The molecule has 0 aromatic heterocycles. The molecule has 0 aliphatic rings. The van der Waals surface area contributed by atoms with Gasteiger partial charge in [-0.15, -0.1) is 0 Å². The smallest absolute Gasteiger partial charge is 1.00 e. The standard InChI is InChI=1S/C61H118N4O18P2.CH4.2Na.2H/c1-5-9-13-17-19-21-23-27-31-35-56(68)45-60(72)64-52(48-78-41-37-54(66)33-29-25-15-11-7-3)50-82-84(74,75)80-43-39-62-58(70)47-59(71)63-40-44-81-85(76,77)83-51-53(49-79-42-38-55(67)34-30-26-16-12-8-4)65-61(73)46-57(69)36-32-28-24-22-20-18-14-10-6-2;;;;;/h52-55,66-67H,5-51H2,1-4H3,(H,62,70)(H,63,71)(H,64,72)(H,65,73)(H,74,75)(H,76,77);1H4;;;;/q;;2*+1;2*-1/t52?,53?,54-,55-;;;;;/m1...../s1. The molecule has 0 aliphatic carbocycles. The van der Waals surface area contributed by atoms with Gasteiger partial charge in [-0.1, -0.05) is 202 Å². The van der Waals surface area contributed by atoms with E-state index in [0.717, 1.165) is 103 Å². The molecular formula is C62H124N4Na2O18P2. The molecule has 0 fully saturated rings. The predicted molar refractivity (Wildman–Crippen MR) is 339 cm³/mol. The summed E-state index contributed by atoms with van der Waals surface area (Å²) < 4.78 is 57.3. The van der Waals surface area contributed by atoms with Crippen molar-refractivity contribution in [2.75, 3.05) is 65.9 Å². The van der Waals surface area contributed by atoms with Crippen LogP contribution in [-0.4, -0.2) is 145 Å². The maximum absolute atomic E-state index is 12.9. The van der Waals surface area contributed by atoms with E-state index in [1.807, 2.05) is 0 Å². The van der Waals surface area contributed by atoms with E-state index in [9.17, 15) is 57.9 Å². The molecule has 0 bridgehead atoms. The van der Waals surface area contributed by atoms with E-state index in [1.165, 1.54) is 64.2 Å². The number of phosphoric acid groups is 2. The van der Waals surface area contributed by atoms with E-state index in [-0.39, 0.29) is 146 Å². The van der Waals surface area contributed by atoms with Crippen LogP contribution in [0.2, 0.25) is 0 Å². The van der Waals surface area contributed by atoms with E-state index in [2.05, 4.69) is 49.0 Å². The Morgan fingerprint density at radius 3 is 1.00 bits per heavy atom. The zero-order valence-corrected chi connectivity index (χ0v) is 60.7. The van der Waals surface area contributed by atoms with Crippen LogP contribution in [-0.2, 0) is 65.5 Å². The summed E-state index contributed by atoms with van der Waals surface area (Å²) in [6, 6.07) is -1.90. The topological polar surface area (TPSA) is 321 Å². The number of rotatable bonds is 64. The first kappa shape index (κ1) is 93.7. The monoisotopic (exact) mass is 1320 g/mol. The number of hydrogen-bond donors (Lipinski definition) is 8.